The quantitative estimate of drug-likeness (QED) is 0.716. The number of aliphatic imine (C=N–C) groups is 1. The summed E-state index contributed by atoms with van der Waals surface area (Å²) in [6.07, 6.45) is 4.72. The lowest BCUT2D eigenvalue weighted by atomic mass is 10.3. The zero-order valence-corrected chi connectivity index (χ0v) is 10.0. The molecule has 1 unspecified atom stereocenters. The van der Waals surface area contributed by atoms with E-state index in [2.05, 4.69) is 23.5 Å². The number of hydrogen-bond donors (Lipinski definition) is 1. The Hall–Kier alpha value is 0.170. The molecule has 0 saturated heterocycles. The summed E-state index contributed by atoms with van der Waals surface area (Å²) < 4.78 is 0. The van der Waals surface area contributed by atoms with Gasteiger partial charge in [-0.2, -0.15) is 11.8 Å². The van der Waals surface area contributed by atoms with E-state index in [-0.39, 0.29) is 0 Å². The fourth-order valence-corrected chi connectivity index (χ4v) is 2.50. The van der Waals surface area contributed by atoms with Crippen molar-refractivity contribution in [2.75, 3.05) is 25.1 Å². The van der Waals surface area contributed by atoms with Crippen LogP contribution in [0.5, 0.6) is 0 Å². The first-order valence-corrected chi connectivity index (χ1v) is 7.04. The smallest absolute Gasteiger partial charge is 0.156 e. The van der Waals surface area contributed by atoms with Crippen LogP contribution in [0.1, 0.15) is 19.8 Å². The van der Waals surface area contributed by atoms with E-state index < -0.39 is 0 Å². The Morgan fingerprint density at radius 3 is 3.08 bits per heavy atom. The van der Waals surface area contributed by atoms with Crippen LogP contribution in [0.3, 0.4) is 0 Å². The molecule has 1 heterocycles. The van der Waals surface area contributed by atoms with Gasteiger partial charge in [0.05, 0.1) is 6.54 Å². The third-order valence-corrected chi connectivity index (χ3v) is 3.60. The highest BCUT2D eigenvalue weighted by Gasteiger charge is 2.13. The third kappa shape index (κ3) is 4.81. The van der Waals surface area contributed by atoms with Crippen LogP contribution in [0, 0.1) is 0 Å². The van der Waals surface area contributed by atoms with E-state index in [4.69, 9.17) is 0 Å². The minimum Gasteiger partial charge on any atom is -0.365 e. The average molecular weight is 218 g/mol. The summed E-state index contributed by atoms with van der Waals surface area (Å²) in [5.41, 5.74) is 0. The molecule has 1 aliphatic heterocycles. The van der Waals surface area contributed by atoms with Crippen LogP contribution in [0.2, 0.25) is 0 Å². The van der Waals surface area contributed by atoms with Crippen LogP contribution < -0.4 is 5.32 Å². The Kier molecular flexibility index (Phi) is 5.71. The molecule has 2 nitrogen and oxygen atoms in total. The molecule has 0 bridgehead atoms. The number of rotatable bonds is 5. The molecule has 1 aliphatic rings. The number of nitrogens with one attached hydrogen (secondary N) is 1. The molecule has 0 aromatic rings. The normalized spacial score (nSPS) is 21.7. The number of nitrogens with zero attached hydrogens (tertiary/aromatic N) is 1. The molecule has 0 aliphatic carbocycles. The first-order chi connectivity index (χ1) is 6.33. The minimum atomic E-state index is 0.675. The molecule has 1 atom stereocenters. The maximum Gasteiger partial charge on any atom is 0.156 e. The van der Waals surface area contributed by atoms with Gasteiger partial charge in [-0.25, -0.2) is 0 Å². The second-order valence-corrected chi connectivity index (χ2v) is 5.61. The van der Waals surface area contributed by atoms with Crippen molar-refractivity contribution in [3.8, 4) is 0 Å². The molecule has 0 spiro atoms. The van der Waals surface area contributed by atoms with E-state index in [0.29, 0.717) is 5.25 Å². The predicted molar refractivity (Wildman–Crippen MR) is 65.0 cm³/mol. The standard InChI is InChI=1S/C9H18N2S2/c1-8-7-11-9(13-8)10-5-3-4-6-12-2/h8H,3-7H2,1-2H3,(H,10,11). The Balaban J connectivity index is 1.94. The monoisotopic (exact) mass is 218 g/mol. The van der Waals surface area contributed by atoms with Crippen molar-refractivity contribution < 1.29 is 0 Å². The second kappa shape index (κ2) is 6.60. The van der Waals surface area contributed by atoms with Gasteiger partial charge in [-0.05, 0) is 24.9 Å². The summed E-state index contributed by atoms with van der Waals surface area (Å²) in [6, 6.07) is 0. The minimum absolute atomic E-state index is 0.675. The maximum absolute atomic E-state index is 4.40. The van der Waals surface area contributed by atoms with Crippen LogP contribution in [0.4, 0.5) is 0 Å². The van der Waals surface area contributed by atoms with Gasteiger partial charge in [-0.15, -0.1) is 0 Å². The molecule has 76 valence electrons. The Morgan fingerprint density at radius 1 is 1.62 bits per heavy atom. The lowest BCUT2D eigenvalue weighted by Gasteiger charge is -2.04. The zero-order valence-electron chi connectivity index (χ0n) is 8.38. The predicted octanol–water partition coefficient (Wildman–Crippen LogP) is 2.21. The van der Waals surface area contributed by atoms with Gasteiger partial charge in [-0.3, -0.25) is 4.99 Å². The lowest BCUT2D eigenvalue weighted by molar-refractivity contribution is 0.764. The summed E-state index contributed by atoms with van der Waals surface area (Å²) in [7, 11) is 0. The number of thioether (sulfide) groups is 2. The van der Waals surface area contributed by atoms with Gasteiger partial charge in [0.1, 0.15) is 0 Å². The largest absolute Gasteiger partial charge is 0.365 e. The topological polar surface area (TPSA) is 24.4 Å². The first-order valence-electron chi connectivity index (χ1n) is 4.77. The fraction of sp³-hybridized carbons (Fsp3) is 0.889. The highest BCUT2D eigenvalue weighted by Crippen LogP contribution is 2.18. The van der Waals surface area contributed by atoms with Crippen molar-refractivity contribution in [1.29, 1.82) is 0 Å². The van der Waals surface area contributed by atoms with E-state index in [1.54, 1.807) is 0 Å². The number of amidine groups is 1. The van der Waals surface area contributed by atoms with Crippen LogP contribution in [0.25, 0.3) is 0 Å². The second-order valence-electron chi connectivity index (χ2n) is 3.20. The molecule has 0 aromatic carbocycles. The average Bonchev–Trinajstić information content (AvgIpc) is 2.51. The molecule has 1 N–H and O–H groups in total. The van der Waals surface area contributed by atoms with Crippen molar-refractivity contribution in [2.24, 2.45) is 4.99 Å². The summed E-state index contributed by atoms with van der Waals surface area (Å²) in [5, 5.41) is 5.20. The van der Waals surface area contributed by atoms with Gasteiger partial charge in [-0.1, -0.05) is 18.7 Å². The molecule has 4 heteroatoms. The lowest BCUT2D eigenvalue weighted by Crippen LogP contribution is -2.20. The van der Waals surface area contributed by atoms with E-state index in [9.17, 15) is 0 Å². The van der Waals surface area contributed by atoms with E-state index >= 15 is 0 Å². The van der Waals surface area contributed by atoms with Crippen molar-refractivity contribution in [3.05, 3.63) is 0 Å². The van der Waals surface area contributed by atoms with Gasteiger partial charge in [0.2, 0.25) is 0 Å². The molecule has 0 fully saturated rings. The summed E-state index contributed by atoms with van der Waals surface area (Å²) in [4.78, 5) is 4.40. The molecule has 1 rings (SSSR count). The van der Waals surface area contributed by atoms with Crippen molar-refractivity contribution in [2.45, 2.75) is 25.0 Å². The van der Waals surface area contributed by atoms with Crippen LogP contribution in [-0.2, 0) is 0 Å². The van der Waals surface area contributed by atoms with E-state index in [1.165, 1.54) is 18.6 Å². The first kappa shape index (κ1) is 11.2. The zero-order chi connectivity index (χ0) is 9.52. The SMILES string of the molecule is CSCCCCNC1=NCC(C)S1. The van der Waals surface area contributed by atoms with Gasteiger partial charge in [0.25, 0.3) is 0 Å². The van der Waals surface area contributed by atoms with Gasteiger partial charge < -0.3 is 5.32 Å². The number of unbranched alkanes of at least 4 members (excludes halogenated alkanes) is 1. The molecule has 0 amide bonds. The van der Waals surface area contributed by atoms with Gasteiger partial charge in [0, 0.05) is 11.8 Å². The Labute approximate surface area is 89.3 Å². The van der Waals surface area contributed by atoms with Crippen LogP contribution >= 0.6 is 23.5 Å². The third-order valence-electron chi connectivity index (χ3n) is 1.86. The molecule has 13 heavy (non-hydrogen) atoms. The summed E-state index contributed by atoms with van der Waals surface area (Å²) >= 11 is 3.78. The molecular formula is C9H18N2S2. The van der Waals surface area contributed by atoms with Gasteiger partial charge in [0.15, 0.2) is 5.17 Å². The highest BCUT2D eigenvalue weighted by atomic mass is 32.2. The maximum atomic E-state index is 4.40. The molecule has 0 saturated carbocycles. The van der Waals surface area contributed by atoms with E-state index in [0.717, 1.165) is 18.3 Å². The molecule has 0 radical (unpaired) electrons. The fourth-order valence-electron chi connectivity index (χ4n) is 1.14. The summed E-state index contributed by atoms with van der Waals surface area (Å²) in [5.74, 6) is 1.28. The Bertz CT molecular complexity index is 171. The molecular weight excluding hydrogens is 200 g/mol. The van der Waals surface area contributed by atoms with E-state index in [1.807, 2.05) is 23.5 Å². The Morgan fingerprint density at radius 2 is 2.46 bits per heavy atom. The summed E-state index contributed by atoms with van der Waals surface area (Å²) in [6.45, 7) is 4.29. The number of hydrogen-bond acceptors (Lipinski definition) is 4. The van der Waals surface area contributed by atoms with Crippen molar-refractivity contribution in [3.63, 3.8) is 0 Å². The molecule has 0 aromatic heterocycles. The van der Waals surface area contributed by atoms with Crippen LogP contribution in [0.15, 0.2) is 4.99 Å². The van der Waals surface area contributed by atoms with Crippen molar-refractivity contribution in [1.82, 2.24) is 5.32 Å². The van der Waals surface area contributed by atoms with Crippen molar-refractivity contribution >= 4 is 28.7 Å². The van der Waals surface area contributed by atoms with Crippen LogP contribution in [-0.4, -0.2) is 35.5 Å². The van der Waals surface area contributed by atoms with Gasteiger partial charge >= 0.3 is 0 Å². The highest BCUT2D eigenvalue weighted by molar-refractivity contribution is 8.14.